The van der Waals surface area contributed by atoms with E-state index in [1.807, 2.05) is 43.6 Å². The zero-order valence-corrected chi connectivity index (χ0v) is 17.9. The van der Waals surface area contributed by atoms with E-state index in [2.05, 4.69) is 32.1 Å². The van der Waals surface area contributed by atoms with Crippen molar-refractivity contribution >= 4 is 11.9 Å². The van der Waals surface area contributed by atoms with Crippen LogP contribution in [0.1, 0.15) is 65.1 Å². The number of nitrogens with zero attached hydrogens (tertiary/aromatic N) is 4. The molecule has 0 aromatic carbocycles. The van der Waals surface area contributed by atoms with E-state index in [1.54, 1.807) is 12.4 Å². The normalized spacial score (nSPS) is 25.6. The topological polar surface area (TPSA) is 52.9 Å². The predicted octanol–water partition coefficient (Wildman–Crippen LogP) is 5.42. The summed E-state index contributed by atoms with van der Waals surface area (Å²) in [7, 11) is 0. The van der Waals surface area contributed by atoms with Gasteiger partial charge >= 0.3 is 0 Å². The summed E-state index contributed by atoms with van der Waals surface area (Å²) in [5.41, 5.74) is 2.94. The number of piperidine rings is 2. The second-order valence-corrected chi connectivity index (χ2v) is 8.19. The molecule has 1 aromatic heterocycles. The molecule has 0 aliphatic carbocycles. The number of aliphatic imine (C=N–C) groups is 2. The van der Waals surface area contributed by atoms with E-state index in [1.165, 1.54) is 51.9 Å². The number of rotatable bonds is 2. The molecule has 1 aromatic rings. The summed E-state index contributed by atoms with van der Waals surface area (Å²) >= 11 is 0. The Kier molecular flexibility index (Phi) is 12.9. The Labute approximate surface area is 190 Å². The summed E-state index contributed by atoms with van der Waals surface area (Å²) < 4.78 is 0. The number of hydrogen-bond acceptors (Lipinski definition) is 5. The van der Waals surface area contributed by atoms with Crippen molar-refractivity contribution < 1.29 is 0 Å². The van der Waals surface area contributed by atoms with Gasteiger partial charge in [0.25, 0.3) is 0 Å². The number of allylic oxidation sites excluding steroid dienone is 2. The van der Waals surface area contributed by atoms with E-state index >= 15 is 0 Å². The number of aromatic nitrogens is 1. The van der Waals surface area contributed by atoms with E-state index < -0.39 is 0 Å². The summed E-state index contributed by atoms with van der Waals surface area (Å²) in [6.07, 6.45) is 17.5. The van der Waals surface area contributed by atoms with Crippen LogP contribution in [0.25, 0.3) is 0 Å². The number of likely N-dealkylation sites (tertiary alicyclic amines) is 1. The van der Waals surface area contributed by atoms with E-state index in [-0.39, 0.29) is 14.9 Å². The first-order chi connectivity index (χ1) is 14.2. The van der Waals surface area contributed by atoms with Crippen LogP contribution in [0.2, 0.25) is 0 Å². The minimum atomic E-state index is 0. The van der Waals surface area contributed by atoms with Crippen molar-refractivity contribution in [2.75, 3.05) is 26.2 Å². The highest BCUT2D eigenvalue weighted by atomic mass is 15.2. The second-order valence-electron chi connectivity index (χ2n) is 8.19. The van der Waals surface area contributed by atoms with Crippen molar-refractivity contribution in [2.24, 2.45) is 15.9 Å². The maximum atomic E-state index is 4.34. The maximum Gasteiger partial charge on any atom is 0.0715 e. The van der Waals surface area contributed by atoms with Crippen LogP contribution in [0.5, 0.6) is 0 Å². The van der Waals surface area contributed by atoms with Crippen LogP contribution in [0.15, 0.2) is 52.9 Å². The van der Waals surface area contributed by atoms with E-state index in [0.717, 1.165) is 35.3 Å². The molecule has 2 fully saturated rings. The minimum Gasteiger partial charge on any atom is -0.317 e. The lowest BCUT2D eigenvalue weighted by molar-refractivity contribution is 0.108. The molecule has 4 rings (SSSR count). The van der Waals surface area contributed by atoms with Crippen molar-refractivity contribution in [1.82, 2.24) is 15.2 Å². The van der Waals surface area contributed by atoms with Gasteiger partial charge in [-0.25, -0.2) is 0 Å². The summed E-state index contributed by atoms with van der Waals surface area (Å²) in [6, 6.07) is 4.90. The molecular formula is C26H43N5. The molecule has 3 aliphatic rings. The van der Waals surface area contributed by atoms with Gasteiger partial charge in [0, 0.05) is 55.1 Å². The lowest BCUT2D eigenvalue weighted by Crippen LogP contribution is -2.47. The van der Waals surface area contributed by atoms with Gasteiger partial charge in [-0.3, -0.25) is 15.0 Å². The molecule has 3 aliphatic heterocycles. The van der Waals surface area contributed by atoms with E-state index in [4.69, 9.17) is 0 Å². The molecule has 0 spiro atoms. The molecule has 1 unspecified atom stereocenters. The third-order valence-corrected chi connectivity index (χ3v) is 5.71. The average molecular weight is 426 g/mol. The first-order valence-corrected chi connectivity index (χ1v) is 11.0. The van der Waals surface area contributed by atoms with Crippen LogP contribution >= 0.6 is 0 Å². The molecule has 5 heteroatoms. The number of hydrogen-bond donors (Lipinski definition) is 1. The molecule has 2 saturated heterocycles. The highest BCUT2D eigenvalue weighted by Crippen LogP contribution is 2.21. The van der Waals surface area contributed by atoms with Crippen LogP contribution in [0.4, 0.5) is 0 Å². The lowest BCUT2D eigenvalue weighted by atomic mass is 9.96. The van der Waals surface area contributed by atoms with Gasteiger partial charge < -0.3 is 10.2 Å². The Hall–Kier alpha value is -2.11. The Morgan fingerprint density at radius 1 is 1.06 bits per heavy atom. The van der Waals surface area contributed by atoms with Crippen LogP contribution in [-0.2, 0) is 0 Å². The van der Waals surface area contributed by atoms with Gasteiger partial charge in [-0.15, -0.1) is 0 Å². The number of aryl methyl sites for hydroxylation is 1. The minimum absolute atomic E-state index is 0. The molecule has 0 radical (unpaired) electrons. The SMILES string of the molecule is C.C.CC1CCCN(C2CCNCC2)C1.Cc1ccc(C2=N\C=C\N=CC\C=C\2)cn1. The fourth-order valence-corrected chi connectivity index (χ4v) is 4.08. The molecule has 0 bridgehead atoms. The summed E-state index contributed by atoms with van der Waals surface area (Å²) in [5.74, 6) is 0.934. The molecule has 172 valence electrons. The Bertz CT molecular complexity index is 727. The van der Waals surface area contributed by atoms with Crippen molar-refractivity contribution in [2.45, 2.75) is 66.8 Å². The zero-order chi connectivity index (χ0) is 20.3. The lowest BCUT2D eigenvalue weighted by Gasteiger charge is -2.39. The fourth-order valence-electron chi connectivity index (χ4n) is 4.08. The van der Waals surface area contributed by atoms with Gasteiger partial charge in [0.15, 0.2) is 0 Å². The predicted molar refractivity (Wildman–Crippen MR) is 136 cm³/mol. The van der Waals surface area contributed by atoms with Crippen LogP contribution < -0.4 is 5.32 Å². The van der Waals surface area contributed by atoms with Crippen molar-refractivity contribution in [3.8, 4) is 0 Å². The Morgan fingerprint density at radius 2 is 1.87 bits per heavy atom. The average Bonchev–Trinajstić information content (AvgIpc) is 2.90. The quantitative estimate of drug-likeness (QED) is 0.688. The first-order valence-electron chi connectivity index (χ1n) is 11.0. The summed E-state index contributed by atoms with van der Waals surface area (Å²) in [4.78, 5) is 15.4. The summed E-state index contributed by atoms with van der Waals surface area (Å²) in [5, 5.41) is 3.44. The van der Waals surface area contributed by atoms with E-state index in [9.17, 15) is 0 Å². The largest absolute Gasteiger partial charge is 0.317 e. The molecular weight excluding hydrogens is 382 g/mol. The van der Waals surface area contributed by atoms with Crippen LogP contribution in [0.3, 0.4) is 0 Å². The van der Waals surface area contributed by atoms with Crippen molar-refractivity contribution in [1.29, 1.82) is 0 Å². The molecule has 1 N–H and O–H groups in total. The number of pyridine rings is 1. The van der Waals surface area contributed by atoms with Gasteiger partial charge in [-0.05, 0) is 76.4 Å². The van der Waals surface area contributed by atoms with Gasteiger partial charge in [0.2, 0.25) is 0 Å². The smallest absolute Gasteiger partial charge is 0.0715 e. The molecule has 0 amide bonds. The molecule has 31 heavy (non-hydrogen) atoms. The Balaban J connectivity index is 0.000000296. The molecule has 1 atom stereocenters. The molecule has 0 saturated carbocycles. The monoisotopic (exact) mass is 425 g/mol. The van der Waals surface area contributed by atoms with Crippen molar-refractivity contribution in [3.63, 3.8) is 0 Å². The standard InChI is InChI=1S/C13H13N3.C11H22N2.2CH4/c1-11-5-6-12(10-16-11)13-4-2-3-7-14-8-9-15-13;1-10-3-2-8-13(9-10)11-4-6-12-7-5-11;;/h2,4-10H,3H2,1H3;10-12H,2-9H2,1H3;2*1H4/b4-2+,9-8+,14-7?,15-13-;;;. The second kappa shape index (κ2) is 14.8. The van der Waals surface area contributed by atoms with Gasteiger partial charge in [0.1, 0.15) is 0 Å². The maximum absolute atomic E-state index is 4.34. The van der Waals surface area contributed by atoms with Crippen molar-refractivity contribution in [3.05, 3.63) is 54.1 Å². The van der Waals surface area contributed by atoms with Gasteiger partial charge in [-0.2, -0.15) is 0 Å². The molecule has 4 heterocycles. The third-order valence-electron chi connectivity index (χ3n) is 5.71. The third kappa shape index (κ3) is 9.28. The fraction of sp³-hybridized carbons (Fsp3) is 0.577. The highest BCUT2D eigenvalue weighted by Gasteiger charge is 2.24. The highest BCUT2D eigenvalue weighted by molar-refractivity contribution is 6.08. The zero-order valence-electron chi connectivity index (χ0n) is 17.9. The van der Waals surface area contributed by atoms with Crippen LogP contribution in [-0.4, -0.2) is 54.0 Å². The van der Waals surface area contributed by atoms with Gasteiger partial charge in [-0.1, -0.05) is 27.9 Å². The van der Waals surface area contributed by atoms with Gasteiger partial charge in [0.05, 0.1) is 5.71 Å². The Morgan fingerprint density at radius 3 is 2.58 bits per heavy atom. The molecule has 5 nitrogen and oxygen atoms in total. The first kappa shape index (κ1) is 26.9. The number of nitrogens with one attached hydrogen (secondary N) is 1. The van der Waals surface area contributed by atoms with Crippen LogP contribution in [0, 0.1) is 12.8 Å². The van der Waals surface area contributed by atoms with E-state index in [0.29, 0.717) is 0 Å². The summed E-state index contributed by atoms with van der Waals surface area (Å²) in [6.45, 7) is 9.54.